The van der Waals surface area contributed by atoms with Crippen LogP contribution >= 0.6 is 0 Å². The maximum Gasteiger partial charge on any atom is 0.257 e. The molecule has 2 atom stereocenters. The van der Waals surface area contributed by atoms with Crippen molar-refractivity contribution in [2.24, 2.45) is 0 Å². The second-order valence-electron chi connectivity index (χ2n) is 6.20. The van der Waals surface area contributed by atoms with E-state index in [1.165, 1.54) is 24.3 Å². The summed E-state index contributed by atoms with van der Waals surface area (Å²) in [6.07, 6.45) is 2.50. The maximum atomic E-state index is 14.1. The van der Waals surface area contributed by atoms with Gasteiger partial charge in [-0.3, -0.25) is 4.79 Å². The van der Waals surface area contributed by atoms with Crippen molar-refractivity contribution in [1.29, 1.82) is 0 Å². The van der Waals surface area contributed by atoms with Gasteiger partial charge in [-0.1, -0.05) is 25.0 Å². The van der Waals surface area contributed by atoms with Gasteiger partial charge in [0.2, 0.25) is 0 Å². The van der Waals surface area contributed by atoms with E-state index in [9.17, 15) is 22.4 Å². The molecule has 0 spiro atoms. The highest BCUT2D eigenvalue weighted by Crippen LogP contribution is 2.36. The van der Waals surface area contributed by atoms with E-state index in [0.717, 1.165) is 25.0 Å². The largest absolute Gasteiger partial charge is 0.349 e. The highest BCUT2D eigenvalue weighted by atomic mass is 19.1. The molecule has 1 aliphatic rings. The van der Waals surface area contributed by atoms with Crippen LogP contribution in [0.25, 0.3) is 0 Å². The summed E-state index contributed by atoms with van der Waals surface area (Å²) in [5, 5.41) is 2.57. The smallest absolute Gasteiger partial charge is 0.257 e. The van der Waals surface area contributed by atoms with Crippen LogP contribution in [0.4, 0.5) is 17.6 Å². The average molecular weight is 351 g/mol. The third-order valence-corrected chi connectivity index (χ3v) is 4.64. The predicted molar refractivity (Wildman–Crippen MR) is 85.2 cm³/mol. The van der Waals surface area contributed by atoms with Crippen molar-refractivity contribution in [3.8, 4) is 0 Å². The van der Waals surface area contributed by atoms with Gasteiger partial charge in [0.05, 0.1) is 0 Å². The van der Waals surface area contributed by atoms with Crippen LogP contribution in [0.1, 0.15) is 47.5 Å². The first kappa shape index (κ1) is 17.5. The minimum absolute atomic E-state index is 0.0819. The molecule has 1 N–H and O–H groups in total. The second kappa shape index (κ2) is 7.25. The van der Waals surface area contributed by atoms with Gasteiger partial charge in [0.25, 0.3) is 5.91 Å². The summed E-state index contributed by atoms with van der Waals surface area (Å²) in [5.41, 5.74) is -0.762. The predicted octanol–water partition coefficient (Wildman–Crippen LogP) is 4.70. The van der Waals surface area contributed by atoms with Crippen molar-refractivity contribution < 1.29 is 22.4 Å². The van der Waals surface area contributed by atoms with Gasteiger partial charge in [-0.25, -0.2) is 17.6 Å². The molecule has 1 fully saturated rings. The summed E-state index contributed by atoms with van der Waals surface area (Å²) in [7, 11) is 0. The SMILES string of the molecule is O=C(N[C@@H]1CCCC[C@@H]1c1c(F)cccc1F)c1c(F)cccc1F. The van der Waals surface area contributed by atoms with Crippen LogP contribution in [0.5, 0.6) is 0 Å². The molecular formula is C19H17F4NO. The highest BCUT2D eigenvalue weighted by Gasteiger charge is 2.32. The van der Waals surface area contributed by atoms with Gasteiger partial charge >= 0.3 is 0 Å². The molecule has 3 rings (SSSR count). The Morgan fingerprint density at radius 2 is 1.36 bits per heavy atom. The van der Waals surface area contributed by atoms with Crippen molar-refractivity contribution in [2.45, 2.75) is 37.6 Å². The van der Waals surface area contributed by atoms with Crippen LogP contribution < -0.4 is 5.32 Å². The Bertz CT molecular complexity index is 752. The molecule has 2 nitrogen and oxygen atoms in total. The number of amides is 1. The number of hydrogen-bond donors (Lipinski definition) is 1. The molecule has 0 radical (unpaired) electrons. The zero-order valence-electron chi connectivity index (χ0n) is 13.4. The van der Waals surface area contributed by atoms with E-state index in [4.69, 9.17) is 0 Å². The van der Waals surface area contributed by atoms with E-state index in [0.29, 0.717) is 12.8 Å². The molecule has 0 bridgehead atoms. The Hall–Kier alpha value is -2.37. The molecule has 0 saturated heterocycles. The molecular weight excluding hydrogens is 334 g/mol. The summed E-state index contributed by atoms with van der Waals surface area (Å²) >= 11 is 0. The number of carbonyl (C=O) groups excluding carboxylic acids is 1. The summed E-state index contributed by atoms with van der Waals surface area (Å²) < 4.78 is 55.8. The molecule has 6 heteroatoms. The van der Waals surface area contributed by atoms with Gasteiger partial charge in [0.15, 0.2) is 0 Å². The van der Waals surface area contributed by atoms with Gasteiger partial charge in [-0.15, -0.1) is 0 Å². The lowest BCUT2D eigenvalue weighted by molar-refractivity contribution is 0.0911. The fourth-order valence-corrected chi connectivity index (χ4v) is 3.47. The third-order valence-electron chi connectivity index (χ3n) is 4.64. The van der Waals surface area contributed by atoms with Crippen molar-refractivity contribution in [1.82, 2.24) is 5.32 Å². The third kappa shape index (κ3) is 3.52. The zero-order chi connectivity index (χ0) is 18.0. The number of hydrogen-bond acceptors (Lipinski definition) is 1. The number of carbonyl (C=O) groups is 1. The molecule has 2 aromatic rings. The molecule has 0 heterocycles. The Morgan fingerprint density at radius 3 is 1.96 bits per heavy atom. The van der Waals surface area contributed by atoms with Crippen molar-refractivity contribution >= 4 is 5.91 Å². The van der Waals surface area contributed by atoms with Gasteiger partial charge in [-0.2, -0.15) is 0 Å². The van der Waals surface area contributed by atoms with Gasteiger partial charge < -0.3 is 5.32 Å². The molecule has 132 valence electrons. The zero-order valence-corrected chi connectivity index (χ0v) is 13.4. The van der Waals surface area contributed by atoms with E-state index < -0.39 is 46.7 Å². The van der Waals surface area contributed by atoms with Crippen LogP contribution in [0.2, 0.25) is 0 Å². The number of halogens is 4. The fraction of sp³-hybridized carbons (Fsp3) is 0.316. The molecule has 1 aliphatic carbocycles. The molecule has 25 heavy (non-hydrogen) atoms. The van der Waals surface area contributed by atoms with Crippen molar-refractivity contribution in [3.63, 3.8) is 0 Å². The Balaban J connectivity index is 1.88. The average Bonchev–Trinajstić information content (AvgIpc) is 2.56. The van der Waals surface area contributed by atoms with Gasteiger partial charge in [0.1, 0.15) is 28.8 Å². The lowest BCUT2D eigenvalue weighted by atomic mass is 9.79. The first-order chi connectivity index (χ1) is 12.0. The number of benzene rings is 2. The number of nitrogens with one attached hydrogen (secondary N) is 1. The van der Waals surface area contributed by atoms with E-state index in [-0.39, 0.29) is 5.56 Å². The summed E-state index contributed by atoms with van der Waals surface area (Å²) in [5.74, 6) is -4.78. The van der Waals surface area contributed by atoms with E-state index in [1.54, 1.807) is 0 Å². The van der Waals surface area contributed by atoms with Crippen LogP contribution in [0.3, 0.4) is 0 Å². The maximum absolute atomic E-state index is 14.1. The van der Waals surface area contributed by atoms with Crippen molar-refractivity contribution in [3.05, 3.63) is 70.8 Å². The Labute approximate surface area is 142 Å². The summed E-state index contributed by atoms with van der Waals surface area (Å²) in [6.45, 7) is 0. The van der Waals surface area contributed by atoms with Crippen LogP contribution in [-0.2, 0) is 0 Å². The molecule has 0 aliphatic heterocycles. The summed E-state index contributed by atoms with van der Waals surface area (Å²) in [4.78, 5) is 12.3. The van der Waals surface area contributed by atoms with Gasteiger partial charge in [-0.05, 0) is 37.1 Å². The van der Waals surface area contributed by atoms with E-state index in [1.807, 2.05) is 0 Å². The highest BCUT2D eigenvalue weighted by molar-refractivity contribution is 5.95. The van der Waals surface area contributed by atoms with Gasteiger partial charge in [0, 0.05) is 17.5 Å². The fourth-order valence-electron chi connectivity index (χ4n) is 3.47. The molecule has 2 aromatic carbocycles. The monoisotopic (exact) mass is 351 g/mol. The standard InChI is InChI=1S/C19H17F4NO/c20-12-6-3-7-13(21)17(12)11-5-1-2-10-16(11)24-19(25)18-14(22)8-4-9-15(18)23/h3-4,6-9,11,16H,1-2,5,10H2,(H,24,25)/t11-,16+/m0/s1. The van der Waals surface area contributed by atoms with Crippen LogP contribution in [-0.4, -0.2) is 11.9 Å². The molecule has 0 unspecified atom stereocenters. The van der Waals surface area contributed by atoms with Crippen LogP contribution in [0, 0.1) is 23.3 Å². The molecule has 1 saturated carbocycles. The lowest BCUT2D eigenvalue weighted by Crippen LogP contribution is -2.42. The molecule has 0 aromatic heterocycles. The second-order valence-corrected chi connectivity index (χ2v) is 6.20. The van der Waals surface area contributed by atoms with E-state index in [2.05, 4.69) is 5.32 Å². The van der Waals surface area contributed by atoms with Crippen molar-refractivity contribution in [2.75, 3.05) is 0 Å². The first-order valence-electron chi connectivity index (χ1n) is 8.18. The topological polar surface area (TPSA) is 29.1 Å². The first-order valence-corrected chi connectivity index (χ1v) is 8.18. The Kier molecular flexibility index (Phi) is 5.06. The Morgan fingerprint density at radius 1 is 0.840 bits per heavy atom. The molecule has 1 amide bonds. The number of rotatable bonds is 3. The summed E-state index contributed by atoms with van der Waals surface area (Å²) in [6, 6.07) is 6.18. The normalized spacial score (nSPS) is 20.3. The quantitative estimate of drug-likeness (QED) is 0.798. The lowest BCUT2D eigenvalue weighted by Gasteiger charge is -2.33. The minimum Gasteiger partial charge on any atom is -0.349 e. The minimum atomic E-state index is -0.970. The van der Waals surface area contributed by atoms with Crippen LogP contribution in [0.15, 0.2) is 36.4 Å². The van der Waals surface area contributed by atoms with E-state index >= 15 is 0 Å².